The third kappa shape index (κ3) is 3.62. The molecule has 0 aliphatic carbocycles. The number of carbonyl (C=O) groups excluding carboxylic acids is 2. The van der Waals surface area contributed by atoms with Crippen LogP contribution in [0.1, 0.15) is 32.8 Å². The maximum Gasteiger partial charge on any atom is 0.274 e. The summed E-state index contributed by atoms with van der Waals surface area (Å²) < 4.78 is 13.3. The van der Waals surface area contributed by atoms with Gasteiger partial charge in [-0.1, -0.05) is 24.3 Å². The van der Waals surface area contributed by atoms with Crippen molar-refractivity contribution in [3.05, 3.63) is 89.5 Å². The molecule has 0 atom stereocenters. The van der Waals surface area contributed by atoms with Crippen molar-refractivity contribution in [2.24, 2.45) is 0 Å². The lowest BCUT2D eigenvalue weighted by molar-refractivity contribution is 0.0985. The molecule has 0 spiro atoms. The molecule has 4 rings (SSSR count). The number of nitrogens with one attached hydrogen (secondary N) is 1. The lowest BCUT2D eigenvalue weighted by atomic mass is 10.0. The highest BCUT2D eigenvalue weighted by Crippen LogP contribution is 2.28. The molecule has 0 fully saturated rings. The Morgan fingerprint density at radius 2 is 1.89 bits per heavy atom. The van der Waals surface area contributed by atoms with E-state index in [0.717, 1.165) is 24.1 Å². The molecule has 2 aromatic carbocycles. The average molecular weight is 375 g/mol. The van der Waals surface area contributed by atoms with Gasteiger partial charge in [-0.05, 0) is 54.8 Å². The zero-order valence-electron chi connectivity index (χ0n) is 15.1. The van der Waals surface area contributed by atoms with Crippen LogP contribution in [0.3, 0.4) is 0 Å². The number of benzene rings is 2. The second-order valence-electron chi connectivity index (χ2n) is 6.58. The number of hydrogen-bond acceptors (Lipinski definition) is 3. The molecule has 0 radical (unpaired) electrons. The van der Waals surface area contributed by atoms with E-state index >= 15 is 0 Å². The zero-order valence-corrected chi connectivity index (χ0v) is 15.1. The Kier molecular flexibility index (Phi) is 4.85. The molecule has 1 aliphatic heterocycles. The van der Waals surface area contributed by atoms with Crippen molar-refractivity contribution in [2.45, 2.75) is 12.8 Å². The Hall–Kier alpha value is -3.54. The summed E-state index contributed by atoms with van der Waals surface area (Å²) >= 11 is 0. The number of rotatable bonds is 3. The molecular weight excluding hydrogens is 357 g/mol. The van der Waals surface area contributed by atoms with E-state index in [4.69, 9.17) is 0 Å². The number of carbonyl (C=O) groups is 2. The minimum absolute atomic E-state index is 0.0976. The summed E-state index contributed by atoms with van der Waals surface area (Å²) in [7, 11) is 0. The predicted octanol–water partition coefficient (Wildman–Crippen LogP) is 4.07. The monoisotopic (exact) mass is 375 g/mol. The molecular formula is C22H18FN3O2. The fraction of sp³-hybridized carbons (Fsp3) is 0.136. The first-order valence-electron chi connectivity index (χ1n) is 9.04. The summed E-state index contributed by atoms with van der Waals surface area (Å²) in [4.78, 5) is 31.3. The van der Waals surface area contributed by atoms with Gasteiger partial charge in [0, 0.05) is 29.7 Å². The van der Waals surface area contributed by atoms with Crippen LogP contribution >= 0.6 is 0 Å². The number of fused-ring (bicyclic) bond motifs is 1. The molecule has 1 aliphatic rings. The van der Waals surface area contributed by atoms with Crippen LogP contribution in [0.25, 0.3) is 0 Å². The van der Waals surface area contributed by atoms with Gasteiger partial charge in [-0.3, -0.25) is 14.6 Å². The van der Waals surface area contributed by atoms with Gasteiger partial charge in [0.05, 0.1) is 0 Å². The fourth-order valence-corrected chi connectivity index (χ4v) is 3.35. The van der Waals surface area contributed by atoms with Gasteiger partial charge in [0.25, 0.3) is 11.8 Å². The number of pyridine rings is 1. The van der Waals surface area contributed by atoms with Crippen molar-refractivity contribution in [1.29, 1.82) is 0 Å². The number of aromatic nitrogens is 1. The molecule has 0 unspecified atom stereocenters. The fourth-order valence-electron chi connectivity index (χ4n) is 3.35. The lowest BCUT2D eigenvalue weighted by Gasteiger charge is -2.29. The topological polar surface area (TPSA) is 62.3 Å². The summed E-state index contributed by atoms with van der Waals surface area (Å²) in [6.07, 6.45) is 3.27. The number of amides is 2. The first-order valence-corrected chi connectivity index (χ1v) is 9.04. The molecule has 1 N–H and O–H groups in total. The molecule has 0 bridgehead atoms. The Balaban J connectivity index is 1.57. The second kappa shape index (κ2) is 7.60. The van der Waals surface area contributed by atoms with E-state index in [0.29, 0.717) is 17.8 Å². The predicted molar refractivity (Wildman–Crippen MR) is 105 cm³/mol. The summed E-state index contributed by atoms with van der Waals surface area (Å²) in [6, 6.07) is 16.5. The van der Waals surface area contributed by atoms with Crippen LogP contribution in [0.4, 0.5) is 15.8 Å². The van der Waals surface area contributed by atoms with Crippen molar-refractivity contribution in [2.75, 3.05) is 16.8 Å². The highest BCUT2D eigenvalue weighted by atomic mass is 19.1. The van der Waals surface area contributed by atoms with Crippen LogP contribution in [0.5, 0.6) is 0 Å². The Labute approximate surface area is 161 Å². The maximum absolute atomic E-state index is 13.3. The lowest BCUT2D eigenvalue weighted by Crippen LogP contribution is -2.35. The van der Waals surface area contributed by atoms with Crippen LogP contribution < -0.4 is 10.2 Å². The third-order valence-electron chi connectivity index (χ3n) is 4.68. The van der Waals surface area contributed by atoms with Gasteiger partial charge in [0.1, 0.15) is 11.5 Å². The number of para-hydroxylation sites is 1. The number of aryl methyl sites for hydroxylation is 1. The van der Waals surface area contributed by atoms with Crippen molar-refractivity contribution < 1.29 is 14.0 Å². The highest BCUT2D eigenvalue weighted by Gasteiger charge is 2.24. The van der Waals surface area contributed by atoms with Crippen molar-refractivity contribution >= 4 is 23.2 Å². The van der Waals surface area contributed by atoms with Crippen molar-refractivity contribution in [3.8, 4) is 0 Å². The van der Waals surface area contributed by atoms with Gasteiger partial charge >= 0.3 is 0 Å². The van der Waals surface area contributed by atoms with E-state index in [1.54, 1.807) is 17.0 Å². The largest absolute Gasteiger partial charge is 0.321 e. The first kappa shape index (κ1) is 17.9. The van der Waals surface area contributed by atoms with E-state index < -0.39 is 11.7 Å². The maximum atomic E-state index is 13.3. The van der Waals surface area contributed by atoms with Gasteiger partial charge in [0.2, 0.25) is 0 Å². The molecule has 0 saturated carbocycles. The Morgan fingerprint density at radius 3 is 2.75 bits per heavy atom. The molecule has 2 amide bonds. The van der Waals surface area contributed by atoms with Crippen molar-refractivity contribution in [3.63, 3.8) is 0 Å². The van der Waals surface area contributed by atoms with E-state index in [9.17, 15) is 14.0 Å². The minimum Gasteiger partial charge on any atom is -0.321 e. The van der Waals surface area contributed by atoms with Gasteiger partial charge < -0.3 is 10.2 Å². The second-order valence-corrected chi connectivity index (χ2v) is 6.58. The molecule has 6 heteroatoms. The molecule has 5 nitrogen and oxygen atoms in total. The van der Waals surface area contributed by atoms with Gasteiger partial charge in [-0.25, -0.2) is 4.39 Å². The summed E-state index contributed by atoms with van der Waals surface area (Å²) in [5, 5.41) is 2.59. The molecule has 1 aromatic heterocycles. The number of anilines is 2. The highest BCUT2D eigenvalue weighted by molar-refractivity contribution is 6.09. The van der Waals surface area contributed by atoms with Gasteiger partial charge in [0.15, 0.2) is 0 Å². The summed E-state index contributed by atoms with van der Waals surface area (Å²) in [6.45, 7) is 0.628. The van der Waals surface area contributed by atoms with Gasteiger partial charge in [-0.15, -0.1) is 0 Å². The quantitative estimate of drug-likeness (QED) is 0.751. The summed E-state index contributed by atoms with van der Waals surface area (Å²) in [5.74, 6) is -1.12. The number of halogens is 1. The van der Waals surface area contributed by atoms with Crippen molar-refractivity contribution in [1.82, 2.24) is 4.98 Å². The van der Waals surface area contributed by atoms with Crippen LogP contribution in [0, 0.1) is 5.82 Å². The van der Waals surface area contributed by atoms with Crippen LogP contribution in [0.15, 0.2) is 66.9 Å². The molecule has 140 valence electrons. The standard InChI is InChI=1S/C22H18FN3O2/c23-17-7-3-8-18(14-17)25-21(27)19-13-16(10-11-24-19)22(28)26-12-4-6-15-5-1-2-9-20(15)26/h1-3,5,7-11,13-14H,4,6,12H2,(H,25,27). The van der Waals surface area contributed by atoms with Gasteiger partial charge in [-0.2, -0.15) is 0 Å². The smallest absolute Gasteiger partial charge is 0.274 e. The first-order chi connectivity index (χ1) is 13.6. The molecule has 2 heterocycles. The summed E-state index contributed by atoms with van der Waals surface area (Å²) in [5.41, 5.74) is 2.85. The Morgan fingerprint density at radius 1 is 1.04 bits per heavy atom. The van der Waals surface area contributed by atoms with E-state index in [2.05, 4.69) is 10.3 Å². The Bertz CT molecular complexity index is 1050. The minimum atomic E-state index is -0.501. The normalized spacial score (nSPS) is 13.0. The molecule has 28 heavy (non-hydrogen) atoms. The van der Waals surface area contributed by atoms with E-state index in [1.165, 1.54) is 30.5 Å². The van der Waals surface area contributed by atoms with Crippen LogP contribution in [-0.4, -0.2) is 23.3 Å². The average Bonchev–Trinajstić information content (AvgIpc) is 2.73. The van der Waals surface area contributed by atoms with E-state index in [1.807, 2.05) is 24.3 Å². The number of nitrogens with zero attached hydrogens (tertiary/aromatic N) is 2. The van der Waals surface area contributed by atoms with Crippen LogP contribution in [-0.2, 0) is 6.42 Å². The van der Waals surface area contributed by atoms with E-state index in [-0.39, 0.29) is 11.6 Å². The third-order valence-corrected chi connectivity index (χ3v) is 4.68. The molecule has 3 aromatic rings. The number of hydrogen-bond donors (Lipinski definition) is 1. The molecule has 0 saturated heterocycles. The van der Waals surface area contributed by atoms with Crippen LogP contribution in [0.2, 0.25) is 0 Å². The zero-order chi connectivity index (χ0) is 19.5. The SMILES string of the molecule is O=C(Nc1cccc(F)c1)c1cc(C(=O)N2CCCc3ccccc32)ccn1.